The minimum Gasteiger partial charge on any atom is -0.368 e. The summed E-state index contributed by atoms with van der Waals surface area (Å²) in [5.74, 6) is 1.20. The molecule has 0 aliphatic rings. The third kappa shape index (κ3) is 2.85. The van der Waals surface area contributed by atoms with E-state index in [1.165, 1.54) is 12.8 Å². The molecule has 0 bridgehead atoms. The number of hydrogen-bond acceptors (Lipinski definition) is 5. The van der Waals surface area contributed by atoms with Crippen LogP contribution >= 0.6 is 11.3 Å². The summed E-state index contributed by atoms with van der Waals surface area (Å²) in [7, 11) is 0. The molecule has 0 spiro atoms. The maximum Gasteiger partial charge on any atom is 0.223 e. The van der Waals surface area contributed by atoms with Crippen LogP contribution in [0.1, 0.15) is 33.1 Å². The van der Waals surface area contributed by atoms with Crippen molar-refractivity contribution in [2.75, 3.05) is 11.1 Å². The van der Waals surface area contributed by atoms with Crippen LogP contribution in [0.5, 0.6) is 0 Å². The van der Waals surface area contributed by atoms with E-state index >= 15 is 0 Å². The lowest BCUT2D eigenvalue weighted by Gasteiger charge is -2.14. The Labute approximate surface area is 105 Å². The van der Waals surface area contributed by atoms with Gasteiger partial charge in [0.15, 0.2) is 0 Å². The fourth-order valence-corrected chi connectivity index (χ4v) is 2.57. The zero-order valence-corrected chi connectivity index (χ0v) is 11.0. The summed E-state index contributed by atoms with van der Waals surface area (Å²) in [5.41, 5.74) is 5.70. The smallest absolute Gasteiger partial charge is 0.223 e. The highest BCUT2D eigenvalue weighted by Gasteiger charge is 2.09. The van der Waals surface area contributed by atoms with Crippen molar-refractivity contribution in [2.45, 2.75) is 39.2 Å². The second-order valence-electron chi connectivity index (χ2n) is 4.26. The SMILES string of the molecule is CCCCC(C)Nc1nc(N)nc2sccc12. The summed E-state index contributed by atoms with van der Waals surface area (Å²) in [4.78, 5) is 9.44. The second-order valence-corrected chi connectivity index (χ2v) is 5.15. The van der Waals surface area contributed by atoms with E-state index < -0.39 is 0 Å². The van der Waals surface area contributed by atoms with Gasteiger partial charge in [0.2, 0.25) is 5.95 Å². The van der Waals surface area contributed by atoms with Crippen molar-refractivity contribution in [2.24, 2.45) is 0 Å². The molecule has 92 valence electrons. The molecule has 3 N–H and O–H groups in total. The quantitative estimate of drug-likeness (QED) is 0.855. The third-order valence-corrected chi connectivity index (χ3v) is 3.52. The molecule has 0 aliphatic carbocycles. The van der Waals surface area contributed by atoms with Gasteiger partial charge in [-0.1, -0.05) is 19.8 Å². The van der Waals surface area contributed by atoms with Crippen LogP contribution in [0.2, 0.25) is 0 Å². The molecule has 1 atom stereocenters. The monoisotopic (exact) mass is 250 g/mol. The van der Waals surface area contributed by atoms with Crippen LogP contribution in [-0.2, 0) is 0 Å². The molecule has 0 fully saturated rings. The fraction of sp³-hybridized carbons (Fsp3) is 0.500. The number of nitrogens with zero attached hydrogens (tertiary/aromatic N) is 2. The van der Waals surface area contributed by atoms with E-state index in [4.69, 9.17) is 5.73 Å². The van der Waals surface area contributed by atoms with Gasteiger partial charge in [-0.15, -0.1) is 11.3 Å². The Hall–Kier alpha value is -1.36. The first kappa shape index (κ1) is 12.1. The summed E-state index contributed by atoms with van der Waals surface area (Å²) in [6.07, 6.45) is 3.58. The zero-order chi connectivity index (χ0) is 12.3. The molecule has 0 saturated carbocycles. The molecular formula is C12H18N4S. The lowest BCUT2D eigenvalue weighted by Crippen LogP contribution is -2.16. The van der Waals surface area contributed by atoms with Crippen molar-refractivity contribution < 1.29 is 0 Å². The van der Waals surface area contributed by atoms with Crippen molar-refractivity contribution >= 4 is 33.3 Å². The lowest BCUT2D eigenvalue weighted by molar-refractivity contribution is 0.644. The molecule has 0 saturated heterocycles. The average Bonchev–Trinajstić information content (AvgIpc) is 2.74. The number of nitrogen functional groups attached to an aromatic ring is 1. The zero-order valence-electron chi connectivity index (χ0n) is 10.2. The highest BCUT2D eigenvalue weighted by Crippen LogP contribution is 2.26. The molecular weight excluding hydrogens is 232 g/mol. The Balaban J connectivity index is 2.19. The molecule has 5 heteroatoms. The Kier molecular flexibility index (Phi) is 3.78. The van der Waals surface area contributed by atoms with Crippen LogP contribution in [0, 0.1) is 0 Å². The van der Waals surface area contributed by atoms with Gasteiger partial charge in [0, 0.05) is 6.04 Å². The van der Waals surface area contributed by atoms with Gasteiger partial charge >= 0.3 is 0 Å². The largest absolute Gasteiger partial charge is 0.368 e. The van der Waals surface area contributed by atoms with Gasteiger partial charge in [0.25, 0.3) is 0 Å². The molecule has 2 aromatic rings. The predicted molar refractivity (Wildman–Crippen MR) is 74.4 cm³/mol. The third-order valence-electron chi connectivity index (χ3n) is 2.72. The highest BCUT2D eigenvalue weighted by atomic mass is 32.1. The number of unbranched alkanes of at least 4 members (excludes halogenated alkanes) is 1. The molecule has 0 aliphatic heterocycles. The number of rotatable bonds is 5. The van der Waals surface area contributed by atoms with E-state index in [-0.39, 0.29) is 0 Å². The van der Waals surface area contributed by atoms with E-state index in [0.29, 0.717) is 12.0 Å². The molecule has 0 amide bonds. The van der Waals surface area contributed by atoms with Crippen LogP contribution in [0.4, 0.5) is 11.8 Å². The normalized spacial score (nSPS) is 12.8. The number of anilines is 2. The summed E-state index contributed by atoms with van der Waals surface area (Å²) in [6.45, 7) is 4.37. The first-order chi connectivity index (χ1) is 8.20. The predicted octanol–water partition coefficient (Wildman–Crippen LogP) is 3.26. The molecule has 2 heterocycles. The minimum absolute atomic E-state index is 0.338. The molecule has 2 rings (SSSR count). The van der Waals surface area contributed by atoms with Crippen molar-refractivity contribution in [3.05, 3.63) is 11.4 Å². The molecule has 0 aromatic carbocycles. The number of nitrogens with one attached hydrogen (secondary N) is 1. The van der Waals surface area contributed by atoms with Gasteiger partial charge in [-0.2, -0.15) is 4.98 Å². The maximum absolute atomic E-state index is 5.70. The van der Waals surface area contributed by atoms with Gasteiger partial charge < -0.3 is 11.1 Å². The van der Waals surface area contributed by atoms with Gasteiger partial charge in [0.1, 0.15) is 10.6 Å². The van der Waals surface area contributed by atoms with E-state index in [9.17, 15) is 0 Å². The average molecular weight is 250 g/mol. The number of hydrogen-bond donors (Lipinski definition) is 2. The Bertz CT molecular complexity index is 494. The first-order valence-corrected chi connectivity index (χ1v) is 6.86. The van der Waals surface area contributed by atoms with Crippen LogP contribution in [0.3, 0.4) is 0 Å². The summed E-state index contributed by atoms with van der Waals surface area (Å²) in [6, 6.07) is 2.45. The Morgan fingerprint density at radius 3 is 3.06 bits per heavy atom. The molecule has 17 heavy (non-hydrogen) atoms. The van der Waals surface area contributed by atoms with Crippen molar-refractivity contribution in [3.8, 4) is 0 Å². The van der Waals surface area contributed by atoms with E-state index in [1.807, 2.05) is 11.4 Å². The first-order valence-electron chi connectivity index (χ1n) is 5.98. The van der Waals surface area contributed by atoms with Crippen LogP contribution < -0.4 is 11.1 Å². The van der Waals surface area contributed by atoms with Gasteiger partial charge in [-0.25, -0.2) is 4.98 Å². The van der Waals surface area contributed by atoms with Crippen LogP contribution in [0.15, 0.2) is 11.4 Å². The molecule has 1 unspecified atom stereocenters. The minimum atomic E-state index is 0.338. The Morgan fingerprint density at radius 1 is 1.47 bits per heavy atom. The van der Waals surface area contributed by atoms with Crippen LogP contribution in [-0.4, -0.2) is 16.0 Å². The van der Waals surface area contributed by atoms with Gasteiger partial charge in [-0.3, -0.25) is 0 Å². The molecule has 2 aromatic heterocycles. The van der Waals surface area contributed by atoms with Gasteiger partial charge in [0.05, 0.1) is 5.39 Å². The van der Waals surface area contributed by atoms with E-state index in [1.54, 1.807) is 11.3 Å². The van der Waals surface area contributed by atoms with Crippen LogP contribution in [0.25, 0.3) is 10.2 Å². The number of aromatic nitrogens is 2. The van der Waals surface area contributed by atoms with Crippen molar-refractivity contribution in [3.63, 3.8) is 0 Å². The lowest BCUT2D eigenvalue weighted by atomic mass is 10.1. The molecule has 4 nitrogen and oxygen atoms in total. The van der Waals surface area contributed by atoms with Gasteiger partial charge in [-0.05, 0) is 24.8 Å². The fourth-order valence-electron chi connectivity index (χ4n) is 1.80. The highest BCUT2D eigenvalue weighted by molar-refractivity contribution is 7.16. The van der Waals surface area contributed by atoms with Crippen molar-refractivity contribution in [1.29, 1.82) is 0 Å². The summed E-state index contributed by atoms with van der Waals surface area (Å²) < 4.78 is 0. The topological polar surface area (TPSA) is 63.8 Å². The Morgan fingerprint density at radius 2 is 2.29 bits per heavy atom. The van der Waals surface area contributed by atoms with E-state index in [0.717, 1.165) is 22.5 Å². The second kappa shape index (κ2) is 5.31. The maximum atomic E-state index is 5.70. The number of nitrogens with two attached hydrogens (primary N) is 1. The summed E-state index contributed by atoms with van der Waals surface area (Å²) >= 11 is 1.59. The number of thiophene rings is 1. The van der Waals surface area contributed by atoms with Crippen molar-refractivity contribution in [1.82, 2.24) is 9.97 Å². The number of fused-ring (bicyclic) bond motifs is 1. The summed E-state index contributed by atoms with van der Waals surface area (Å²) in [5, 5.41) is 6.50. The molecule has 0 radical (unpaired) electrons. The standard InChI is InChI=1S/C12H18N4S/c1-3-4-5-8(2)14-10-9-6-7-17-11(9)16-12(13)15-10/h6-8H,3-5H2,1-2H3,(H3,13,14,15,16). The van der Waals surface area contributed by atoms with E-state index in [2.05, 4.69) is 29.1 Å².